The van der Waals surface area contributed by atoms with E-state index in [0.29, 0.717) is 12.1 Å². The van der Waals surface area contributed by atoms with Gasteiger partial charge in [-0.2, -0.15) is 0 Å². The first-order chi connectivity index (χ1) is 11.6. The number of nitrogens with one attached hydrogen (secondary N) is 1. The van der Waals surface area contributed by atoms with Crippen LogP contribution in [0.15, 0.2) is 42.7 Å². The number of benzene rings is 1. The molecule has 0 unspecified atom stereocenters. The van der Waals surface area contributed by atoms with Crippen molar-refractivity contribution in [3.05, 3.63) is 65.0 Å². The van der Waals surface area contributed by atoms with Gasteiger partial charge in [0.1, 0.15) is 5.52 Å². The minimum absolute atomic E-state index is 0.0556. The highest BCUT2D eigenvalue weighted by atomic mass is 16.1. The number of amides is 1. The lowest BCUT2D eigenvalue weighted by molar-refractivity contribution is 0.0955. The zero-order valence-corrected chi connectivity index (χ0v) is 14.5. The summed E-state index contributed by atoms with van der Waals surface area (Å²) in [5, 5.41) is 2.94. The number of hydrogen-bond donors (Lipinski definition) is 1. The number of carbonyl (C=O) groups excluding carboxylic acids is 1. The average molecular weight is 321 g/mol. The molecule has 4 heteroatoms. The molecule has 2 heterocycles. The summed E-state index contributed by atoms with van der Waals surface area (Å²) in [6.07, 6.45) is 4.57. The Balaban J connectivity index is 2.00. The summed E-state index contributed by atoms with van der Waals surface area (Å²) in [5.74, 6) is -0.0556. The average Bonchev–Trinajstić information content (AvgIpc) is 2.94. The van der Waals surface area contributed by atoms with Crippen molar-refractivity contribution in [3.8, 4) is 0 Å². The summed E-state index contributed by atoms with van der Waals surface area (Å²) in [5.41, 5.74) is 6.16. The van der Waals surface area contributed by atoms with Crippen molar-refractivity contribution in [3.63, 3.8) is 0 Å². The molecule has 124 valence electrons. The highest BCUT2D eigenvalue weighted by molar-refractivity contribution is 6.05. The van der Waals surface area contributed by atoms with Gasteiger partial charge in [0.05, 0.1) is 11.1 Å². The van der Waals surface area contributed by atoms with E-state index < -0.39 is 0 Å². The zero-order valence-electron chi connectivity index (χ0n) is 14.5. The Labute approximate surface area is 142 Å². The van der Waals surface area contributed by atoms with Crippen LogP contribution in [0.2, 0.25) is 0 Å². The molecule has 0 saturated carbocycles. The van der Waals surface area contributed by atoms with E-state index in [-0.39, 0.29) is 5.91 Å². The van der Waals surface area contributed by atoms with Gasteiger partial charge in [-0.3, -0.25) is 9.78 Å². The topological polar surface area (TPSA) is 46.9 Å². The number of aromatic nitrogens is 2. The van der Waals surface area contributed by atoms with Crippen molar-refractivity contribution in [1.29, 1.82) is 0 Å². The lowest BCUT2D eigenvalue weighted by atomic mass is 10.1. The molecular formula is C20H23N3O. The van der Waals surface area contributed by atoms with Gasteiger partial charge in [-0.1, -0.05) is 30.7 Å². The third-order valence-corrected chi connectivity index (χ3v) is 4.25. The van der Waals surface area contributed by atoms with Crippen LogP contribution in [0, 0.1) is 13.8 Å². The predicted molar refractivity (Wildman–Crippen MR) is 97.4 cm³/mol. The van der Waals surface area contributed by atoms with Crippen molar-refractivity contribution in [2.75, 3.05) is 6.54 Å². The van der Waals surface area contributed by atoms with Crippen molar-refractivity contribution in [1.82, 2.24) is 14.9 Å². The molecule has 24 heavy (non-hydrogen) atoms. The lowest BCUT2D eigenvalue weighted by Gasteiger charge is -2.09. The molecule has 0 radical (unpaired) electrons. The van der Waals surface area contributed by atoms with Crippen molar-refractivity contribution in [2.45, 2.75) is 33.7 Å². The van der Waals surface area contributed by atoms with Crippen LogP contribution in [0.4, 0.5) is 0 Å². The van der Waals surface area contributed by atoms with Crippen LogP contribution in [0.5, 0.6) is 0 Å². The fourth-order valence-electron chi connectivity index (χ4n) is 2.96. The number of nitrogens with zero attached hydrogens (tertiary/aromatic N) is 2. The third kappa shape index (κ3) is 3.18. The Hall–Kier alpha value is -2.62. The van der Waals surface area contributed by atoms with E-state index in [2.05, 4.69) is 46.9 Å². The molecule has 0 bridgehead atoms. The van der Waals surface area contributed by atoms with E-state index in [1.54, 1.807) is 6.20 Å². The van der Waals surface area contributed by atoms with Gasteiger partial charge in [0, 0.05) is 25.5 Å². The summed E-state index contributed by atoms with van der Waals surface area (Å²) < 4.78 is 2.11. The van der Waals surface area contributed by atoms with E-state index in [1.807, 2.05) is 25.3 Å². The first kappa shape index (κ1) is 16.2. The molecule has 0 atom stereocenters. The molecule has 0 spiro atoms. The minimum Gasteiger partial charge on any atom is -0.352 e. The quantitative estimate of drug-likeness (QED) is 0.776. The van der Waals surface area contributed by atoms with Gasteiger partial charge in [-0.25, -0.2) is 0 Å². The fraction of sp³-hybridized carbons (Fsp3) is 0.300. The summed E-state index contributed by atoms with van der Waals surface area (Å²) >= 11 is 0. The molecule has 0 aliphatic carbocycles. The molecule has 1 N–H and O–H groups in total. The molecule has 0 saturated heterocycles. The van der Waals surface area contributed by atoms with Gasteiger partial charge in [-0.15, -0.1) is 0 Å². The second kappa shape index (κ2) is 6.87. The standard InChI is InChI=1S/C20H23N3O/c1-4-9-22-20(24)17-13-23(18-6-5-10-21-19(17)18)12-16-8-7-14(2)11-15(16)3/h5-8,10-11,13H,4,9,12H2,1-3H3,(H,22,24). The van der Waals surface area contributed by atoms with Crippen LogP contribution in [-0.4, -0.2) is 22.0 Å². The maximum absolute atomic E-state index is 12.4. The SMILES string of the molecule is CCCNC(=O)c1cn(Cc2ccc(C)cc2C)c2cccnc12. The summed E-state index contributed by atoms with van der Waals surface area (Å²) in [6.45, 7) is 7.68. The van der Waals surface area contributed by atoms with Crippen LogP contribution < -0.4 is 5.32 Å². The molecule has 4 nitrogen and oxygen atoms in total. The second-order valence-electron chi connectivity index (χ2n) is 6.23. The minimum atomic E-state index is -0.0556. The molecule has 3 rings (SSSR count). The molecular weight excluding hydrogens is 298 g/mol. The first-order valence-electron chi connectivity index (χ1n) is 8.38. The third-order valence-electron chi connectivity index (χ3n) is 4.25. The first-order valence-corrected chi connectivity index (χ1v) is 8.38. The van der Waals surface area contributed by atoms with Crippen molar-refractivity contribution >= 4 is 16.9 Å². The fourth-order valence-corrected chi connectivity index (χ4v) is 2.96. The van der Waals surface area contributed by atoms with Crippen LogP contribution in [0.25, 0.3) is 11.0 Å². The van der Waals surface area contributed by atoms with Crippen LogP contribution in [0.1, 0.15) is 40.4 Å². The smallest absolute Gasteiger partial charge is 0.255 e. The van der Waals surface area contributed by atoms with E-state index in [9.17, 15) is 4.79 Å². The van der Waals surface area contributed by atoms with Crippen LogP contribution in [0.3, 0.4) is 0 Å². The predicted octanol–water partition coefficient (Wildman–Crippen LogP) is 3.84. The Bertz CT molecular complexity index is 880. The Morgan fingerprint density at radius 1 is 1.25 bits per heavy atom. The maximum atomic E-state index is 12.4. The molecule has 3 aromatic rings. The Kier molecular flexibility index (Phi) is 4.65. The second-order valence-corrected chi connectivity index (χ2v) is 6.23. The van der Waals surface area contributed by atoms with Gasteiger partial charge in [-0.05, 0) is 43.5 Å². The Morgan fingerprint density at radius 3 is 2.83 bits per heavy atom. The maximum Gasteiger partial charge on any atom is 0.255 e. The highest BCUT2D eigenvalue weighted by Gasteiger charge is 2.16. The molecule has 1 amide bonds. The molecule has 0 aliphatic rings. The van der Waals surface area contributed by atoms with Crippen molar-refractivity contribution in [2.24, 2.45) is 0 Å². The summed E-state index contributed by atoms with van der Waals surface area (Å²) in [4.78, 5) is 16.9. The van der Waals surface area contributed by atoms with Gasteiger partial charge >= 0.3 is 0 Å². The van der Waals surface area contributed by atoms with E-state index in [0.717, 1.165) is 24.0 Å². The van der Waals surface area contributed by atoms with Crippen LogP contribution >= 0.6 is 0 Å². The van der Waals surface area contributed by atoms with Gasteiger partial charge in [0.2, 0.25) is 0 Å². The van der Waals surface area contributed by atoms with E-state index >= 15 is 0 Å². The van der Waals surface area contributed by atoms with Gasteiger partial charge < -0.3 is 9.88 Å². The van der Waals surface area contributed by atoms with Crippen LogP contribution in [-0.2, 0) is 6.54 Å². The number of hydrogen-bond acceptors (Lipinski definition) is 2. The molecule has 0 fully saturated rings. The lowest BCUT2D eigenvalue weighted by Crippen LogP contribution is -2.23. The van der Waals surface area contributed by atoms with E-state index in [4.69, 9.17) is 0 Å². The molecule has 2 aromatic heterocycles. The normalized spacial score (nSPS) is 11.0. The summed E-state index contributed by atoms with van der Waals surface area (Å²) in [6, 6.07) is 10.4. The molecule has 1 aromatic carbocycles. The number of rotatable bonds is 5. The monoisotopic (exact) mass is 321 g/mol. The largest absolute Gasteiger partial charge is 0.352 e. The number of fused-ring (bicyclic) bond motifs is 1. The van der Waals surface area contributed by atoms with Crippen molar-refractivity contribution < 1.29 is 4.79 Å². The van der Waals surface area contributed by atoms with E-state index in [1.165, 1.54) is 16.7 Å². The number of carbonyl (C=O) groups is 1. The summed E-state index contributed by atoms with van der Waals surface area (Å²) in [7, 11) is 0. The number of aryl methyl sites for hydroxylation is 2. The Morgan fingerprint density at radius 2 is 2.08 bits per heavy atom. The van der Waals surface area contributed by atoms with Gasteiger partial charge in [0.15, 0.2) is 0 Å². The van der Waals surface area contributed by atoms with Gasteiger partial charge in [0.25, 0.3) is 5.91 Å². The molecule has 0 aliphatic heterocycles. The number of pyridine rings is 1. The highest BCUT2D eigenvalue weighted by Crippen LogP contribution is 2.21. The zero-order chi connectivity index (χ0) is 17.1.